The molecule has 10 heteroatoms. The van der Waals surface area contributed by atoms with Crippen molar-refractivity contribution in [2.45, 2.75) is 25.7 Å². The predicted molar refractivity (Wildman–Crippen MR) is 118 cm³/mol. The SMILES string of the molecule is O=C(COC(=O)c1c(NC(=O)c2cccnc2)sc2c1CCCC2)Nc1cc(F)ccc1F. The Bertz CT molecular complexity index is 1210. The summed E-state index contributed by atoms with van der Waals surface area (Å²) in [6.45, 7) is -0.699. The van der Waals surface area contributed by atoms with E-state index in [1.54, 1.807) is 18.3 Å². The number of nitrogens with zero attached hydrogens (tertiary/aromatic N) is 1. The highest BCUT2D eigenvalue weighted by Gasteiger charge is 2.28. The van der Waals surface area contributed by atoms with Gasteiger partial charge in [0.1, 0.15) is 16.6 Å². The number of pyridine rings is 1. The first-order valence-electron chi connectivity index (χ1n) is 10.2. The second-order valence-corrected chi connectivity index (χ2v) is 8.46. The van der Waals surface area contributed by atoms with Crippen LogP contribution in [0.1, 0.15) is 44.0 Å². The first-order chi connectivity index (χ1) is 15.9. The molecule has 2 heterocycles. The fourth-order valence-electron chi connectivity index (χ4n) is 3.53. The average Bonchev–Trinajstić information content (AvgIpc) is 3.18. The molecule has 1 aliphatic rings. The van der Waals surface area contributed by atoms with Gasteiger partial charge in [0.05, 0.1) is 16.8 Å². The van der Waals surface area contributed by atoms with Crippen LogP contribution in [-0.2, 0) is 22.4 Å². The minimum atomic E-state index is -0.821. The lowest BCUT2D eigenvalue weighted by molar-refractivity contribution is -0.119. The Morgan fingerprint density at radius 3 is 2.70 bits per heavy atom. The van der Waals surface area contributed by atoms with E-state index in [-0.39, 0.29) is 11.3 Å². The number of rotatable bonds is 6. The number of thiophene rings is 1. The summed E-state index contributed by atoms with van der Waals surface area (Å²) in [6, 6.07) is 5.86. The number of benzene rings is 1. The van der Waals surface area contributed by atoms with Crippen molar-refractivity contribution < 1.29 is 27.9 Å². The molecule has 0 atom stereocenters. The zero-order valence-electron chi connectivity index (χ0n) is 17.3. The van der Waals surface area contributed by atoms with Crippen LogP contribution in [0.3, 0.4) is 0 Å². The van der Waals surface area contributed by atoms with Crippen molar-refractivity contribution in [2.24, 2.45) is 0 Å². The van der Waals surface area contributed by atoms with Crippen molar-refractivity contribution in [1.29, 1.82) is 0 Å². The fourth-order valence-corrected chi connectivity index (χ4v) is 4.80. The number of carbonyl (C=O) groups is 3. The van der Waals surface area contributed by atoms with Gasteiger partial charge in [-0.05, 0) is 55.5 Å². The van der Waals surface area contributed by atoms with Gasteiger partial charge in [0.2, 0.25) is 0 Å². The maximum atomic E-state index is 13.7. The van der Waals surface area contributed by atoms with Crippen LogP contribution in [0.2, 0.25) is 0 Å². The van der Waals surface area contributed by atoms with E-state index in [4.69, 9.17) is 4.74 Å². The number of anilines is 2. The molecule has 0 saturated carbocycles. The number of esters is 1. The van der Waals surface area contributed by atoms with E-state index in [1.807, 2.05) is 0 Å². The molecule has 2 N–H and O–H groups in total. The minimum Gasteiger partial charge on any atom is -0.452 e. The molecule has 0 fully saturated rings. The summed E-state index contributed by atoms with van der Waals surface area (Å²) in [5.74, 6) is -3.55. The topological polar surface area (TPSA) is 97.4 Å². The first kappa shape index (κ1) is 22.5. The summed E-state index contributed by atoms with van der Waals surface area (Å²) in [6.07, 6.45) is 6.25. The quantitative estimate of drug-likeness (QED) is 0.521. The molecule has 0 unspecified atom stereocenters. The highest BCUT2D eigenvalue weighted by atomic mass is 32.1. The number of nitrogens with one attached hydrogen (secondary N) is 2. The van der Waals surface area contributed by atoms with Crippen LogP contribution < -0.4 is 10.6 Å². The molecule has 4 rings (SSSR count). The van der Waals surface area contributed by atoms with E-state index in [0.29, 0.717) is 17.0 Å². The molecule has 170 valence electrons. The van der Waals surface area contributed by atoms with Crippen LogP contribution in [-0.4, -0.2) is 29.4 Å². The number of amides is 2. The summed E-state index contributed by atoms with van der Waals surface area (Å²) < 4.78 is 32.2. The number of fused-ring (bicyclic) bond motifs is 1. The van der Waals surface area contributed by atoms with E-state index in [0.717, 1.165) is 47.9 Å². The predicted octanol–water partition coefficient (Wildman–Crippen LogP) is 4.35. The highest BCUT2D eigenvalue weighted by molar-refractivity contribution is 7.17. The molecule has 0 radical (unpaired) electrons. The van der Waals surface area contributed by atoms with E-state index in [9.17, 15) is 23.2 Å². The molecule has 0 spiro atoms. The summed E-state index contributed by atoms with van der Waals surface area (Å²) in [7, 11) is 0. The zero-order valence-corrected chi connectivity index (χ0v) is 18.1. The van der Waals surface area contributed by atoms with Gasteiger partial charge < -0.3 is 15.4 Å². The van der Waals surface area contributed by atoms with Gasteiger partial charge in [0, 0.05) is 23.3 Å². The second kappa shape index (κ2) is 9.86. The number of aryl methyl sites for hydroxylation is 1. The molecular weight excluding hydrogens is 452 g/mol. The standard InChI is InChI=1S/C23H19F2N3O4S/c24-14-7-8-16(25)17(10-14)27-19(29)12-32-23(31)20-15-5-1-2-6-18(15)33-22(20)28-21(30)13-4-3-9-26-11-13/h3-4,7-11H,1-2,5-6,12H2,(H,27,29)(H,28,30). The lowest BCUT2D eigenvalue weighted by Gasteiger charge is -2.13. The molecule has 0 aliphatic heterocycles. The van der Waals surface area contributed by atoms with Gasteiger partial charge in [-0.1, -0.05) is 0 Å². The first-order valence-corrected chi connectivity index (χ1v) is 11.0. The van der Waals surface area contributed by atoms with E-state index >= 15 is 0 Å². The molecule has 2 aromatic heterocycles. The van der Waals surface area contributed by atoms with E-state index in [1.165, 1.54) is 17.5 Å². The van der Waals surface area contributed by atoms with Gasteiger partial charge in [-0.2, -0.15) is 0 Å². The molecule has 3 aromatic rings. The third-order valence-corrected chi connectivity index (χ3v) is 6.27. The van der Waals surface area contributed by atoms with Gasteiger partial charge in [0.15, 0.2) is 6.61 Å². The number of hydrogen-bond donors (Lipinski definition) is 2. The van der Waals surface area contributed by atoms with Crippen molar-refractivity contribution in [3.8, 4) is 0 Å². The van der Waals surface area contributed by atoms with E-state index in [2.05, 4.69) is 15.6 Å². The highest BCUT2D eigenvalue weighted by Crippen LogP contribution is 2.38. The fraction of sp³-hybridized carbons (Fsp3) is 0.217. The van der Waals surface area contributed by atoms with Crippen LogP contribution in [0.4, 0.5) is 19.5 Å². The van der Waals surface area contributed by atoms with Crippen molar-refractivity contribution in [2.75, 3.05) is 17.2 Å². The molecule has 1 aliphatic carbocycles. The lowest BCUT2D eigenvalue weighted by atomic mass is 9.95. The Balaban J connectivity index is 1.49. The van der Waals surface area contributed by atoms with Crippen LogP contribution in [0, 0.1) is 11.6 Å². The summed E-state index contributed by atoms with van der Waals surface area (Å²) in [4.78, 5) is 42.5. The second-order valence-electron chi connectivity index (χ2n) is 7.36. The summed E-state index contributed by atoms with van der Waals surface area (Å²) in [5, 5.41) is 5.27. The van der Waals surface area contributed by atoms with Crippen molar-refractivity contribution >= 4 is 39.8 Å². The largest absolute Gasteiger partial charge is 0.452 e. The molecule has 7 nitrogen and oxygen atoms in total. The zero-order chi connectivity index (χ0) is 23.4. The molecule has 2 amide bonds. The number of aromatic nitrogens is 1. The molecule has 33 heavy (non-hydrogen) atoms. The third kappa shape index (κ3) is 5.23. The molecular formula is C23H19F2N3O4S. The van der Waals surface area contributed by atoms with Crippen LogP contribution in [0.5, 0.6) is 0 Å². The van der Waals surface area contributed by atoms with Crippen LogP contribution in [0.15, 0.2) is 42.7 Å². The van der Waals surface area contributed by atoms with Crippen LogP contribution >= 0.6 is 11.3 Å². The number of halogens is 2. The normalized spacial score (nSPS) is 12.5. The maximum absolute atomic E-state index is 13.7. The Labute approximate surface area is 191 Å². The number of ether oxygens (including phenoxy) is 1. The van der Waals surface area contributed by atoms with Crippen molar-refractivity contribution in [3.63, 3.8) is 0 Å². The molecule has 0 saturated heterocycles. The van der Waals surface area contributed by atoms with Gasteiger partial charge in [-0.15, -0.1) is 11.3 Å². The number of hydrogen-bond acceptors (Lipinski definition) is 6. The monoisotopic (exact) mass is 471 g/mol. The van der Waals surface area contributed by atoms with Gasteiger partial charge in [-0.3, -0.25) is 14.6 Å². The summed E-state index contributed by atoms with van der Waals surface area (Å²) in [5.41, 5.74) is 0.999. The molecule has 0 bridgehead atoms. The van der Waals surface area contributed by atoms with Crippen molar-refractivity contribution in [3.05, 3.63) is 75.9 Å². The van der Waals surface area contributed by atoms with Crippen LogP contribution in [0.25, 0.3) is 0 Å². The van der Waals surface area contributed by atoms with Gasteiger partial charge >= 0.3 is 5.97 Å². The van der Waals surface area contributed by atoms with Gasteiger partial charge in [-0.25, -0.2) is 13.6 Å². The summed E-state index contributed by atoms with van der Waals surface area (Å²) >= 11 is 1.31. The number of carbonyl (C=O) groups excluding carboxylic acids is 3. The third-order valence-electron chi connectivity index (χ3n) is 5.06. The Morgan fingerprint density at radius 1 is 1.09 bits per heavy atom. The smallest absolute Gasteiger partial charge is 0.341 e. The Kier molecular flexibility index (Phi) is 6.74. The molecule has 1 aromatic carbocycles. The minimum absolute atomic E-state index is 0.219. The van der Waals surface area contributed by atoms with E-state index < -0.39 is 36.0 Å². The lowest BCUT2D eigenvalue weighted by Crippen LogP contribution is -2.23. The van der Waals surface area contributed by atoms with Gasteiger partial charge in [0.25, 0.3) is 11.8 Å². The van der Waals surface area contributed by atoms with Crippen molar-refractivity contribution in [1.82, 2.24) is 4.98 Å². The average molecular weight is 471 g/mol. The Morgan fingerprint density at radius 2 is 1.91 bits per heavy atom. The Hall–Kier alpha value is -3.66. The maximum Gasteiger partial charge on any atom is 0.341 e.